The van der Waals surface area contributed by atoms with Gasteiger partial charge in [0, 0.05) is 11.4 Å². The first kappa shape index (κ1) is 11.4. The molecule has 3 nitrogen and oxygen atoms in total. The van der Waals surface area contributed by atoms with Crippen LogP contribution in [0.1, 0.15) is 18.3 Å². The van der Waals surface area contributed by atoms with Crippen molar-refractivity contribution in [2.24, 2.45) is 0 Å². The molecule has 0 saturated carbocycles. The third-order valence-corrected chi connectivity index (χ3v) is 3.07. The molecule has 0 atom stereocenters. The highest BCUT2D eigenvalue weighted by atomic mass is 35.5. The summed E-state index contributed by atoms with van der Waals surface area (Å²) < 4.78 is 1.80. The van der Waals surface area contributed by atoms with Crippen LogP contribution in [-0.4, -0.2) is 14.8 Å². The van der Waals surface area contributed by atoms with E-state index in [1.54, 1.807) is 4.57 Å². The van der Waals surface area contributed by atoms with Crippen molar-refractivity contribution in [3.8, 4) is 5.69 Å². The van der Waals surface area contributed by atoms with Gasteiger partial charge in [0.2, 0.25) is 5.28 Å². The van der Waals surface area contributed by atoms with E-state index in [-0.39, 0.29) is 0 Å². The average molecular weight is 256 g/mol. The lowest BCUT2D eigenvalue weighted by Gasteiger charge is -2.08. The summed E-state index contributed by atoms with van der Waals surface area (Å²) in [7, 11) is 0. The molecular formula is C11H11Cl2N3. The maximum absolute atomic E-state index is 6.08. The Bertz CT molecular complexity index is 520. The summed E-state index contributed by atoms with van der Waals surface area (Å²) in [5.74, 6) is 0.824. The number of nitrogens with zero attached hydrogens (tertiary/aromatic N) is 3. The van der Waals surface area contributed by atoms with Crippen molar-refractivity contribution in [3.05, 3.63) is 39.9 Å². The van der Waals surface area contributed by atoms with E-state index in [4.69, 9.17) is 23.2 Å². The first-order valence-corrected chi connectivity index (χ1v) is 5.75. The van der Waals surface area contributed by atoms with Crippen LogP contribution in [0.5, 0.6) is 0 Å². The molecule has 16 heavy (non-hydrogen) atoms. The van der Waals surface area contributed by atoms with Gasteiger partial charge < -0.3 is 0 Å². The summed E-state index contributed by atoms with van der Waals surface area (Å²) in [6, 6.07) is 5.77. The Labute approximate surface area is 104 Å². The topological polar surface area (TPSA) is 30.7 Å². The zero-order chi connectivity index (χ0) is 11.7. The lowest BCUT2D eigenvalue weighted by Crippen LogP contribution is -2.00. The fraction of sp³-hybridized carbons (Fsp3) is 0.273. The molecule has 1 heterocycles. The Morgan fingerprint density at radius 2 is 2.00 bits per heavy atom. The molecule has 0 aliphatic heterocycles. The summed E-state index contributed by atoms with van der Waals surface area (Å²) in [6.45, 7) is 3.97. The van der Waals surface area contributed by atoms with Crippen molar-refractivity contribution >= 4 is 23.2 Å². The van der Waals surface area contributed by atoms with E-state index in [2.05, 4.69) is 10.2 Å². The van der Waals surface area contributed by atoms with Gasteiger partial charge >= 0.3 is 0 Å². The zero-order valence-corrected chi connectivity index (χ0v) is 10.5. The Morgan fingerprint density at radius 3 is 2.62 bits per heavy atom. The third-order valence-electron chi connectivity index (χ3n) is 2.42. The summed E-state index contributed by atoms with van der Waals surface area (Å²) in [5.41, 5.74) is 1.93. The van der Waals surface area contributed by atoms with Gasteiger partial charge in [0.25, 0.3) is 0 Å². The van der Waals surface area contributed by atoms with Crippen molar-refractivity contribution in [1.29, 1.82) is 0 Å². The number of aryl methyl sites for hydroxylation is 2. The molecule has 1 aromatic carbocycles. The molecule has 0 spiro atoms. The minimum Gasteiger partial charge on any atom is -0.270 e. The van der Waals surface area contributed by atoms with Crippen LogP contribution >= 0.6 is 23.2 Å². The van der Waals surface area contributed by atoms with Crippen LogP contribution in [0.2, 0.25) is 10.3 Å². The lowest BCUT2D eigenvalue weighted by molar-refractivity contribution is 0.883. The van der Waals surface area contributed by atoms with Gasteiger partial charge in [-0.25, -0.2) is 0 Å². The molecule has 2 aromatic rings. The number of rotatable bonds is 2. The van der Waals surface area contributed by atoms with Crippen LogP contribution in [0.15, 0.2) is 18.2 Å². The van der Waals surface area contributed by atoms with E-state index in [1.165, 1.54) is 0 Å². The minimum absolute atomic E-state index is 0.358. The van der Waals surface area contributed by atoms with Gasteiger partial charge in [0.05, 0.1) is 5.69 Å². The molecule has 0 aliphatic carbocycles. The molecule has 5 heteroatoms. The second-order valence-corrected chi connectivity index (χ2v) is 4.25. The van der Waals surface area contributed by atoms with Gasteiger partial charge in [-0.1, -0.05) is 24.6 Å². The molecule has 0 fully saturated rings. The van der Waals surface area contributed by atoms with Gasteiger partial charge in [-0.3, -0.25) is 4.57 Å². The Hall–Kier alpha value is -1.06. The Morgan fingerprint density at radius 1 is 1.25 bits per heavy atom. The molecule has 0 N–H and O–H groups in total. The van der Waals surface area contributed by atoms with E-state index >= 15 is 0 Å². The first-order chi connectivity index (χ1) is 7.63. The molecule has 0 radical (unpaired) electrons. The quantitative estimate of drug-likeness (QED) is 0.823. The molecule has 2 rings (SSSR count). The molecule has 0 amide bonds. The largest absolute Gasteiger partial charge is 0.270 e. The summed E-state index contributed by atoms with van der Waals surface area (Å²) in [4.78, 5) is 0. The van der Waals surface area contributed by atoms with E-state index in [0.29, 0.717) is 10.3 Å². The van der Waals surface area contributed by atoms with Crippen LogP contribution in [0.4, 0.5) is 0 Å². The number of benzene rings is 1. The maximum atomic E-state index is 6.08. The van der Waals surface area contributed by atoms with Crippen LogP contribution in [-0.2, 0) is 6.42 Å². The minimum atomic E-state index is 0.358. The van der Waals surface area contributed by atoms with Crippen molar-refractivity contribution in [3.63, 3.8) is 0 Å². The standard InChI is InChI=1S/C11H11Cl2N3/c1-3-10-14-15-11(13)16(10)8-5-4-7(2)9(12)6-8/h4-6H,3H2,1-2H3. The maximum Gasteiger partial charge on any atom is 0.229 e. The molecule has 0 aliphatic rings. The summed E-state index contributed by atoms with van der Waals surface area (Å²) >= 11 is 12.1. The van der Waals surface area contributed by atoms with E-state index in [0.717, 1.165) is 23.5 Å². The molecule has 0 saturated heterocycles. The fourth-order valence-corrected chi connectivity index (χ4v) is 1.91. The number of halogens is 2. The van der Waals surface area contributed by atoms with Crippen molar-refractivity contribution in [1.82, 2.24) is 14.8 Å². The number of aromatic nitrogens is 3. The first-order valence-electron chi connectivity index (χ1n) is 4.99. The molecule has 0 bridgehead atoms. The van der Waals surface area contributed by atoms with E-state index in [1.807, 2.05) is 32.0 Å². The van der Waals surface area contributed by atoms with Gasteiger partial charge in [0.1, 0.15) is 5.82 Å². The Balaban J connectivity index is 2.57. The lowest BCUT2D eigenvalue weighted by atomic mass is 10.2. The van der Waals surface area contributed by atoms with Gasteiger partial charge in [-0.15, -0.1) is 10.2 Å². The predicted octanol–water partition coefficient (Wildman–Crippen LogP) is 3.44. The molecule has 0 unspecified atom stereocenters. The van der Waals surface area contributed by atoms with Gasteiger partial charge in [0.15, 0.2) is 0 Å². The number of hydrogen-bond donors (Lipinski definition) is 0. The van der Waals surface area contributed by atoms with Crippen LogP contribution in [0.25, 0.3) is 5.69 Å². The summed E-state index contributed by atoms with van der Waals surface area (Å²) in [6.07, 6.45) is 0.769. The van der Waals surface area contributed by atoms with Crippen molar-refractivity contribution < 1.29 is 0 Å². The second kappa shape index (κ2) is 4.44. The second-order valence-electron chi connectivity index (χ2n) is 3.51. The number of hydrogen-bond acceptors (Lipinski definition) is 2. The fourth-order valence-electron chi connectivity index (χ4n) is 1.50. The normalized spacial score (nSPS) is 10.8. The predicted molar refractivity (Wildman–Crippen MR) is 65.5 cm³/mol. The molecular weight excluding hydrogens is 245 g/mol. The SMILES string of the molecule is CCc1nnc(Cl)n1-c1ccc(C)c(Cl)c1. The highest BCUT2D eigenvalue weighted by Gasteiger charge is 2.11. The van der Waals surface area contributed by atoms with Crippen LogP contribution in [0.3, 0.4) is 0 Å². The van der Waals surface area contributed by atoms with Gasteiger partial charge in [-0.05, 0) is 36.2 Å². The highest BCUT2D eigenvalue weighted by molar-refractivity contribution is 6.31. The smallest absolute Gasteiger partial charge is 0.229 e. The van der Waals surface area contributed by atoms with E-state index in [9.17, 15) is 0 Å². The van der Waals surface area contributed by atoms with Crippen LogP contribution < -0.4 is 0 Å². The average Bonchev–Trinajstić information content (AvgIpc) is 2.64. The van der Waals surface area contributed by atoms with Crippen molar-refractivity contribution in [2.75, 3.05) is 0 Å². The van der Waals surface area contributed by atoms with Crippen LogP contribution in [0, 0.1) is 6.92 Å². The summed E-state index contributed by atoms with van der Waals surface area (Å²) in [5, 5.41) is 8.92. The monoisotopic (exact) mass is 255 g/mol. The molecule has 1 aromatic heterocycles. The Kier molecular flexibility index (Phi) is 3.17. The van der Waals surface area contributed by atoms with Crippen molar-refractivity contribution in [2.45, 2.75) is 20.3 Å². The van der Waals surface area contributed by atoms with E-state index < -0.39 is 0 Å². The van der Waals surface area contributed by atoms with Gasteiger partial charge in [-0.2, -0.15) is 0 Å². The highest BCUT2D eigenvalue weighted by Crippen LogP contribution is 2.23. The zero-order valence-electron chi connectivity index (χ0n) is 9.04. The third kappa shape index (κ3) is 1.93. The molecule has 84 valence electrons.